The van der Waals surface area contributed by atoms with Crippen molar-refractivity contribution in [2.75, 3.05) is 6.54 Å². The minimum atomic E-state index is -3.44. The lowest BCUT2D eigenvalue weighted by Crippen LogP contribution is -2.41. The van der Waals surface area contributed by atoms with E-state index in [2.05, 4.69) is 13.5 Å². The molecule has 2 rings (SSSR count). The molecule has 1 fully saturated rings. The molecule has 0 saturated heterocycles. The van der Waals surface area contributed by atoms with E-state index < -0.39 is 10.0 Å². The molecule has 0 aromatic heterocycles. The van der Waals surface area contributed by atoms with Crippen LogP contribution in [0.1, 0.15) is 57.4 Å². The van der Waals surface area contributed by atoms with Gasteiger partial charge >= 0.3 is 0 Å². The Morgan fingerprint density at radius 1 is 1.17 bits per heavy atom. The van der Waals surface area contributed by atoms with E-state index >= 15 is 0 Å². The summed E-state index contributed by atoms with van der Waals surface area (Å²) in [7, 11) is -3.44. The molecule has 0 aliphatic heterocycles. The van der Waals surface area contributed by atoms with Gasteiger partial charge in [-0.2, -0.15) is 4.31 Å². The molecule has 0 atom stereocenters. The zero-order valence-electron chi connectivity index (χ0n) is 14.2. The second-order valence-electron chi connectivity index (χ2n) is 6.40. The summed E-state index contributed by atoms with van der Waals surface area (Å²) >= 11 is 0. The van der Waals surface area contributed by atoms with Crippen molar-refractivity contribution in [3.05, 3.63) is 42.5 Å². The Kier molecular flexibility index (Phi) is 6.85. The summed E-state index contributed by atoms with van der Waals surface area (Å²) in [6.45, 7) is 6.30. The number of sulfonamides is 1. The van der Waals surface area contributed by atoms with Gasteiger partial charge in [0, 0.05) is 12.6 Å². The van der Waals surface area contributed by atoms with E-state index in [4.69, 9.17) is 0 Å². The third kappa shape index (κ3) is 4.67. The summed E-state index contributed by atoms with van der Waals surface area (Å²) in [5, 5.41) is 0. The van der Waals surface area contributed by atoms with Crippen molar-refractivity contribution in [3.8, 4) is 0 Å². The first-order valence-electron chi connectivity index (χ1n) is 8.81. The van der Waals surface area contributed by atoms with E-state index in [0.717, 1.165) is 44.9 Å². The van der Waals surface area contributed by atoms with E-state index in [-0.39, 0.29) is 6.04 Å². The molecule has 1 aliphatic rings. The summed E-state index contributed by atoms with van der Waals surface area (Å²) < 4.78 is 27.7. The molecule has 0 radical (unpaired) electrons. The maximum absolute atomic E-state index is 13.0. The van der Waals surface area contributed by atoms with E-state index in [9.17, 15) is 8.42 Å². The Hall–Kier alpha value is -1.13. The van der Waals surface area contributed by atoms with Gasteiger partial charge in [-0.15, -0.1) is 6.58 Å². The first-order valence-corrected chi connectivity index (χ1v) is 10.2. The van der Waals surface area contributed by atoms with Crippen molar-refractivity contribution in [1.29, 1.82) is 0 Å². The fourth-order valence-electron chi connectivity index (χ4n) is 3.28. The monoisotopic (exact) mass is 335 g/mol. The third-order valence-electron chi connectivity index (χ3n) is 4.64. The van der Waals surface area contributed by atoms with Gasteiger partial charge in [0.25, 0.3) is 0 Å². The van der Waals surface area contributed by atoms with Crippen molar-refractivity contribution in [1.82, 2.24) is 4.31 Å². The Morgan fingerprint density at radius 2 is 1.83 bits per heavy atom. The SMILES string of the molecule is C=CCN(C1CCCCC1)S(=O)(=O)c1ccc(CCCC)cc1. The number of unbranched alkanes of at least 4 members (excludes halogenated alkanes) is 1. The van der Waals surface area contributed by atoms with Crippen LogP contribution in [-0.2, 0) is 16.4 Å². The molecule has 0 bridgehead atoms. The van der Waals surface area contributed by atoms with E-state index in [1.807, 2.05) is 12.1 Å². The number of hydrogen-bond donors (Lipinski definition) is 0. The fraction of sp³-hybridized carbons (Fsp3) is 0.579. The molecular formula is C19H29NO2S. The van der Waals surface area contributed by atoms with Crippen LogP contribution in [0.25, 0.3) is 0 Å². The minimum absolute atomic E-state index is 0.117. The number of benzene rings is 1. The van der Waals surface area contributed by atoms with Crippen molar-refractivity contribution < 1.29 is 8.42 Å². The molecule has 23 heavy (non-hydrogen) atoms. The van der Waals surface area contributed by atoms with Crippen molar-refractivity contribution in [2.24, 2.45) is 0 Å². The summed E-state index contributed by atoms with van der Waals surface area (Å²) in [6, 6.07) is 7.55. The van der Waals surface area contributed by atoms with Crippen LogP contribution in [0.15, 0.2) is 41.8 Å². The molecule has 0 N–H and O–H groups in total. The van der Waals surface area contributed by atoms with Crippen molar-refractivity contribution in [2.45, 2.75) is 69.2 Å². The molecule has 128 valence electrons. The van der Waals surface area contributed by atoms with Crippen LogP contribution in [-0.4, -0.2) is 25.3 Å². The predicted octanol–water partition coefficient (Wildman–Crippen LogP) is 4.54. The summed E-state index contributed by atoms with van der Waals surface area (Å²) in [5.74, 6) is 0. The van der Waals surface area contributed by atoms with Crippen LogP contribution in [0.3, 0.4) is 0 Å². The minimum Gasteiger partial charge on any atom is -0.207 e. The van der Waals surface area contributed by atoms with Crippen LogP contribution in [0.5, 0.6) is 0 Å². The Labute approximate surface area is 141 Å². The van der Waals surface area contributed by atoms with Crippen LogP contribution < -0.4 is 0 Å². The van der Waals surface area contributed by atoms with Gasteiger partial charge in [0.05, 0.1) is 4.90 Å². The van der Waals surface area contributed by atoms with Gasteiger partial charge in [0.2, 0.25) is 10.0 Å². The van der Waals surface area contributed by atoms with E-state index in [1.54, 1.807) is 22.5 Å². The van der Waals surface area contributed by atoms with Gasteiger partial charge in [-0.25, -0.2) is 8.42 Å². The molecule has 0 heterocycles. The molecule has 1 aromatic carbocycles. The fourth-order valence-corrected chi connectivity index (χ4v) is 4.94. The van der Waals surface area contributed by atoms with Crippen molar-refractivity contribution >= 4 is 10.0 Å². The van der Waals surface area contributed by atoms with E-state index in [1.165, 1.54) is 12.0 Å². The van der Waals surface area contributed by atoms with Gasteiger partial charge in [0.15, 0.2) is 0 Å². The van der Waals surface area contributed by atoms with Gasteiger partial charge < -0.3 is 0 Å². The van der Waals surface area contributed by atoms with E-state index in [0.29, 0.717) is 11.4 Å². The Morgan fingerprint density at radius 3 is 2.39 bits per heavy atom. The second kappa shape index (κ2) is 8.65. The number of rotatable bonds is 8. The average Bonchev–Trinajstić information content (AvgIpc) is 2.59. The lowest BCUT2D eigenvalue weighted by atomic mass is 9.95. The maximum atomic E-state index is 13.0. The van der Waals surface area contributed by atoms with Crippen LogP contribution in [0.4, 0.5) is 0 Å². The number of aryl methyl sites for hydroxylation is 1. The Balaban J connectivity index is 2.20. The second-order valence-corrected chi connectivity index (χ2v) is 8.29. The molecule has 3 nitrogen and oxygen atoms in total. The highest BCUT2D eigenvalue weighted by Crippen LogP contribution is 2.28. The molecule has 4 heteroatoms. The highest BCUT2D eigenvalue weighted by molar-refractivity contribution is 7.89. The topological polar surface area (TPSA) is 37.4 Å². The Bertz CT molecular complexity index is 586. The molecular weight excluding hydrogens is 306 g/mol. The molecule has 0 amide bonds. The zero-order chi connectivity index (χ0) is 16.7. The molecule has 1 aliphatic carbocycles. The third-order valence-corrected chi connectivity index (χ3v) is 6.57. The standard InChI is InChI=1S/C19H29NO2S/c1-3-5-9-17-12-14-19(15-13-17)23(21,22)20(16-4-2)18-10-7-6-8-11-18/h4,12-15,18H,2-3,5-11,16H2,1H3. The van der Waals surface area contributed by atoms with Gasteiger partial charge in [0.1, 0.15) is 0 Å². The lowest BCUT2D eigenvalue weighted by Gasteiger charge is -2.32. The molecule has 0 unspecified atom stereocenters. The van der Waals surface area contributed by atoms with Gasteiger partial charge in [-0.1, -0.05) is 50.8 Å². The van der Waals surface area contributed by atoms with Gasteiger partial charge in [-0.05, 0) is 43.4 Å². The molecule has 0 spiro atoms. The first kappa shape index (κ1) is 18.2. The van der Waals surface area contributed by atoms with Crippen LogP contribution >= 0.6 is 0 Å². The number of hydrogen-bond acceptors (Lipinski definition) is 2. The zero-order valence-corrected chi connectivity index (χ0v) is 15.0. The van der Waals surface area contributed by atoms with Crippen LogP contribution in [0, 0.1) is 0 Å². The normalized spacial score (nSPS) is 16.6. The highest BCUT2D eigenvalue weighted by Gasteiger charge is 2.31. The predicted molar refractivity (Wildman–Crippen MR) is 96.0 cm³/mol. The smallest absolute Gasteiger partial charge is 0.207 e. The first-order chi connectivity index (χ1) is 11.1. The summed E-state index contributed by atoms with van der Waals surface area (Å²) in [5.41, 5.74) is 1.21. The summed E-state index contributed by atoms with van der Waals surface area (Å²) in [4.78, 5) is 0.408. The van der Waals surface area contributed by atoms with Crippen molar-refractivity contribution in [3.63, 3.8) is 0 Å². The highest BCUT2D eigenvalue weighted by atomic mass is 32.2. The largest absolute Gasteiger partial charge is 0.243 e. The van der Waals surface area contributed by atoms with Crippen LogP contribution in [0.2, 0.25) is 0 Å². The molecule has 1 aromatic rings. The maximum Gasteiger partial charge on any atom is 0.243 e. The summed E-state index contributed by atoms with van der Waals surface area (Å²) in [6.07, 6.45) is 10.4. The quantitative estimate of drug-likeness (QED) is 0.654. The lowest BCUT2D eigenvalue weighted by molar-refractivity contribution is 0.269. The van der Waals surface area contributed by atoms with Gasteiger partial charge in [-0.3, -0.25) is 0 Å². The molecule has 1 saturated carbocycles. The average molecular weight is 336 g/mol. The number of nitrogens with zero attached hydrogens (tertiary/aromatic N) is 1.